The van der Waals surface area contributed by atoms with Crippen LogP contribution in [0, 0.1) is 13.8 Å². The zero-order chi connectivity index (χ0) is 14.8. The van der Waals surface area contributed by atoms with Crippen LogP contribution in [-0.4, -0.2) is 40.0 Å². The summed E-state index contributed by atoms with van der Waals surface area (Å²) in [5.74, 6) is 0. The van der Waals surface area contributed by atoms with E-state index in [1.54, 1.807) is 19.9 Å². The lowest BCUT2D eigenvalue weighted by Gasteiger charge is -2.20. The van der Waals surface area contributed by atoms with Crippen LogP contribution in [0.4, 0.5) is 5.69 Å². The lowest BCUT2D eigenvalue weighted by atomic mass is 10.1. The summed E-state index contributed by atoms with van der Waals surface area (Å²) in [6, 6.07) is 3.42. The second-order valence-corrected chi connectivity index (χ2v) is 6.88. The predicted molar refractivity (Wildman–Crippen MR) is 78.7 cm³/mol. The minimum Gasteiger partial charge on any atom is -0.397 e. The minimum atomic E-state index is -3.59. The van der Waals surface area contributed by atoms with E-state index in [4.69, 9.17) is 5.73 Å². The van der Waals surface area contributed by atoms with Crippen molar-refractivity contribution in [3.05, 3.63) is 23.3 Å². The number of likely N-dealkylation sites (N-methyl/N-ethyl adjacent to an activating group) is 1. The van der Waals surface area contributed by atoms with Gasteiger partial charge in [0.15, 0.2) is 0 Å². The number of nitrogens with one attached hydrogen (secondary N) is 1. The Kier molecular flexibility index (Phi) is 4.95. The Morgan fingerprint density at radius 1 is 1.26 bits per heavy atom. The molecule has 3 N–H and O–H groups in total. The summed E-state index contributed by atoms with van der Waals surface area (Å²) in [4.78, 5) is 2.12. The predicted octanol–water partition coefficient (Wildman–Crippen LogP) is 1.11. The molecule has 0 saturated carbocycles. The minimum absolute atomic E-state index is 0.181. The van der Waals surface area contributed by atoms with Gasteiger partial charge in [0.2, 0.25) is 10.0 Å². The normalized spacial score (nSPS) is 13.8. The summed E-state index contributed by atoms with van der Waals surface area (Å²) < 4.78 is 27.5. The molecule has 0 aliphatic rings. The number of nitrogen functional groups attached to an aromatic ring is 1. The third kappa shape index (κ3) is 3.92. The monoisotopic (exact) mass is 285 g/mol. The second-order valence-electron chi connectivity index (χ2n) is 5.23. The summed E-state index contributed by atoms with van der Waals surface area (Å²) >= 11 is 0. The van der Waals surface area contributed by atoms with Crippen LogP contribution in [-0.2, 0) is 10.0 Å². The molecule has 5 nitrogen and oxygen atoms in total. The van der Waals surface area contributed by atoms with Crippen LogP contribution in [0.3, 0.4) is 0 Å². The first kappa shape index (κ1) is 15.9. The van der Waals surface area contributed by atoms with Crippen LogP contribution >= 0.6 is 0 Å². The van der Waals surface area contributed by atoms with Gasteiger partial charge in [-0.05, 0) is 46.0 Å². The van der Waals surface area contributed by atoms with Gasteiger partial charge in [0, 0.05) is 12.6 Å². The smallest absolute Gasteiger partial charge is 0.243 e. The van der Waals surface area contributed by atoms with Crippen LogP contribution < -0.4 is 10.5 Å². The van der Waals surface area contributed by atoms with Crippen molar-refractivity contribution < 1.29 is 8.42 Å². The van der Waals surface area contributed by atoms with Gasteiger partial charge >= 0.3 is 0 Å². The van der Waals surface area contributed by atoms with Gasteiger partial charge in [-0.25, -0.2) is 13.1 Å². The quantitative estimate of drug-likeness (QED) is 0.795. The fraction of sp³-hybridized carbons (Fsp3) is 0.538. The number of rotatable bonds is 5. The van der Waals surface area contributed by atoms with Crippen molar-refractivity contribution >= 4 is 15.7 Å². The second kappa shape index (κ2) is 5.90. The van der Waals surface area contributed by atoms with Crippen molar-refractivity contribution in [2.24, 2.45) is 0 Å². The van der Waals surface area contributed by atoms with E-state index in [1.165, 1.54) is 0 Å². The molecule has 19 heavy (non-hydrogen) atoms. The average molecular weight is 285 g/mol. The van der Waals surface area contributed by atoms with Crippen LogP contribution in [0.5, 0.6) is 0 Å². The summed E-state index contributed by atoms with van der Waals surface area (Å²) in [6.07, 6.45) is 0. The SMILES string of the molecule is Cc1ccc(C)c(S(=O)(=O)NC(C)CN(C)C)c1N. The summed E-state index contributed by atoms with van der Waals surface area (Å²) in [5.41, 5.74) is 7.67. The molecule has 0 aliphatic carbocycles. The molecule has 0 radical (unpaired) electrons. The van der Waals surface area contributed by atoms with E-state index in [2.05, 4.69) is 4.72 Å². The zero-order valence-electron chi connectivity index (χ0n) is 12.2. The van der Waals surface area contributed by atoms with E-state index < -0.39 is 10.0 Å². The fourth-order valence-corrected chi connectivity index (χ4v) is 3.74. The molecule has 1 rings (SSSR count). The molecule has 1 aromatic carbocycles. The molecule has 0 fully saturated rings. The van der Waals surface area contributed by atoms with E-state index in [0.29, 0.717) is 17.8 Å². The van der Waals surface area contributed by atoms with Gasteiger partial charge in [0.1, 0.15) is 4.90 Å². The first-order valence-electron chi connectivity index (χ1n) is 6.18. The maximum absolute atomic E-state index is 12.4. The molecule has 0 aromatic heterocycles. The Hall–Kier alpha value is -1.11. The average Bonchev–Trinajstić information content (AvgIpc) is 2.21. The highest BCUT2D eigenvalue weighted by Gasteiger charge is 2.23. The molecule has 108 valence electrons. The number of hydrogen-bond donors (Lipinski definition) is 2. The molecule has 1 atom stereocenters. The van der Waals surface area contributed by atoms with E-state index in [9.17, 15) is 8.42 Å². The third-order valence-corrected chi connectivity index (χ3v) is 4.67. The molecule has 0 aliphatic heterocycles. The van der Waals surface area contributed by atoms with Gasteiger partial charge in [-0.3, -0.25) is 0 Å². The topological polar surface area (TPSA) is 75.4 Å². The van der Waals surface area contributed by atoms with Crippen molar-refractivity contribution in [1.82, 2.24) is 9.62 Å². The fourth-order valence-electron chi connectivity index (χ4n) is 2.07. The molecule has 0 amide bonds. The number of anilines is 1. The Morgan fingerprint density at radius 2 is 1.79 bits per heavy atom. The Morgan fingerprint density at radius 3 is 2.32 bits per heavy atom. The van der Waals surface area contributed by atoms with Crippen molar-refractivity contribution in [2.45, 2.75) is 31.7 Å². The van der Waals surface area contributed by atoms with Gasteiger partial charge in [-0.15, -0.1) is 0 Å². The van der Waals surface area contributed by atoms with Gasteiger partial charge in [0.25, 0.3) is 0 Å². The number of aryl methyl sites for hydroxylation is 2. The zero-order valence-corrected chi connectivity index (χ0v) is 13.0. The van der Waals surface area contributed by atoms with Crippen molar-refractivity contribution in [3.63, 3.8) is 0 Å². The van der Waals surface area contributed by atoms with Crippen molar-refractivity contribution in [1.29, 1.82) is 0 Å². The van der Waals surface area contributed by atoms with Crippen LogP contribution in [0.1, 0.15) is 18.1 Å². The summed E-state index contributed by atoms with van der Waals surface area (Å²) in [7, 11) is 0.209. The Balaban J connectivity index is 3.11. The lowest BCUT2D eigenvalue weighted by molar-refractivity contribution is 0.370. The molecule has 1 unspecified atom stereocenters. The third-order valence-electron chi connectivity index (χ3n) is 2.88. The van der Waals surface area contributed by atoms with Crippen LogP contribution in [0.15, 0.2) is 17.0 Å². The molecule has 0 saturated heterocycles. The van der Waals surface area contributed by atoms with Crippen LogP contribution in [0.2, 0.25) is 0 Å². The van der Waals surface area contributed by atoms with Gasteiger partial charge in [0.05, 0.1) is 5.69 Å². The standard InChI is InChI=1S/C13H23N3O2S/c1-9-6-7-10(2)13(12(9)14)19(17,18)15-11(3)8-16(4)5/h6-7,11,15H,8,14H2,1-5H3. The highest BCUT2D eigenvalue weighted by molar-refractivity contribution is 7.89. The Labute approximate surface area is 115 Å². The highest BCUT2D eigenvalue weighted by Crippen LogP contribution is 2.25. The molecule has 0 spiro atoms. The first-order valence-corrected chi connectivity index (χ1v) is 7.66. The van der Waals surface area contributed by atoms with E-state index in [-0.39, 0.29) is 10.9 Å². The molecule has 0 heterocycles. The van der Waals surface area contributed by atoms with Gasteiger partial charge in [-0.2, -0.15) is 0 Å². The number of benzene rings is 1. The summed E-state index contributed by atoms with van der Waals surface area (Å²) in [6.45, 7) is 6.01. The summed E-state index contributed by atoms with van der Waals surface area (Å²) in [5, 5.41) is 0. The number of nitrogens with two attached hydrogens (primary N) is 1. The highest BCUT2D eigenvalue weighted by atomic mass is 32.2. The largest absolute Gasteiger partial charge is 0.397 e. The maximum Gasteiger partial charge on any atom is 0.243 e. The maximum atomic E-state index is 12.4. The first-order chi connectivity index (χ1) is 8.65. The van der Waals surface area contributed by atoms with E-state index >= 15 is 0 Å². The molecule has 1 aromatic rings. The molecular weight excluding hydrogens is 262 g/mol. The Bertz CT molecular complexity index is 553. The molecular formula is C13H23N3O2S. The molecule has 0 bridgehead atoms. The van der Waals surface area contributed by atoms with Crippen molar-refractivity contribution in [2.75, 3.05) is 26.4 Å². The van der Waals surface area contributed by atoms with E-state index in [1.807, 2.05) is 32.0 Å². The number of nitrogens with zero attached hydrogens (tertiary/aromatic N) is 1. The van der Waals surface area contributed by atoms with Gasteiger partial charge in [-0.1, -0.05) is 12.1 Å². The van der Waals surface area contributed by atoms with E-state index in [0.717, 1.165) is 5.56 Å². The number of hydrogen-bond acceptors (Lipinski definition) is 4. The van der Waals surface area contributed by atoms with Crippen molar-refractivity contribution in [3.8, 4) is 0 Å². The van der Waals surface area contributed by atoms with Crippen LogP contribution in [0.25, 0.3) is 0 Å². The van der Waals surface area contributed by atoms with Gasteiger partial charge < -0.3 is 10.6 Å². The molecule has 6 heteroatoms. The lowest BCUT2D eigenvalue weighted by Crippen LogP contribution is -2.40. The number of sulfonamides is 1.